The fourth-order valence-corrected chi connectivity index (χ4v) is 3.71. The SMILES string of the molecule is CCC1CN(C2CCN(C(=O)c3n[nH]c4ccccc34)CC2)C(=O)O1. The molecule has 132 valence electrons. The number of aromatic amines is 1. The Morgan fingerprint density at radius 2 is 2.08 bits per heavy atom. The van der Waals surface area contributed by atoms with Crippen LogP contribution in [-0.4, -0.2) is 63.8 Å². The molecule has 1 atom stereocenters. The van der Waals surface area contributed by atoms with Gasteiger partial charge in [-0.1, -0.05) is 25.1 Å². The van der Waals surface area contributed by atoms with Crippen LogP contribution in [0.4, 0.5) is 4.79 Å². The molecule has 2 aromatic rings. The number of likely N-dealkylation sites (tertiary alicyclic amines) is 1. The molecule has 0 spiro atoms. The minimum atomic E-state index is -0.213. The van der Waals surface area contributed by atoms with Gasteiger partial charge in [-0.3, -0.25) is 9.89 Å². The fourth-order valence-electron chi connectivity index (χ4n) is 3.71. The lowest BCUT2D eigenvalue weighted by Crippen LogP contribution is -2.47. The van der Waals surface area contributed by atoms with Gasteiger partial charge >= 0.3 is 6.09 Å². The van der Waals surface area contributed by atoms with E-state index in [1.165, 1.54) is 0 Å². The van der Waals surface area contributed by atoms with Crippen LogP contribution in [0.25, 0.3) is 10.9 Å². The van der Waals surface area contributed by atoms with Crippen LogP contribution in [0.3, 0.4) is 0 Å². The number of H-pyrrole nitrogens is 1. The normalized spacial score (nSPS) is 21.8. The van der Waals surface area contributed by atoms with E-state index in [9.17, 15) is 9.59 Å². The van der Waals surface area contributed by atoms with Crippen molar-refractivity contribution in [1.29, 1.82) is 0 Å². The first kappa shape index (κ1) is 15.9. The van der Waals surface area contributed by atoms with Gasteiger partial charge in [-0.05, 0) is 25.3 Å². The number of aromatic nitrogens is 2. The second-order valence-corrected chi connectivity index (χ2v) is 6.71. The maximum absolute atomic E-state index is 12.8. The molecule has 1 aromatic heterocycles. The zero-order valence-electron chi connectivity index (χ0n) is 14.3. The molecule has 1 unspecified atom stereocenters. The molecule has 2 aliphatic heterocycles. The van der Waals surface area contributed by atoms with Crippen molar-refractivity contribution in [2.75, 3.05) is 19.6 Å². The number of piperidine rings is 1. The Hall–Kier alpha value is -2.57. The number of nitrogens with one attached hydrogen (secondary N) is 1. The van der Waals surface area contributed by atoms with E-state index in [2.05, 4.69) is 10.2 Å². The van der Waals surface area contributed by atoms with E-state index < -0.39 is 0 Å². The summed E-state index contributed by atoms with van der Waals surface area (Å²) in [5, 5.41) is 7.96. The van der Waals surface area contributed by atoms with Gasteiger partial charge in [-0.25, -0.2) is 4.79 Å². The lowest BCUT2D eigenvalue weighted by atomic mass is 10.0. The van der Waals surface area contributed by atoms with Crippen LogP contribution in [0.2, 0.25) is 0 Å². The third-order valence-corrected chi connectivity index (χ3v) is 5.22. The number of amides is 2. The van der Waals surface area contributed by atoms with Gasteiger partial charge in [0.05, 0.1) is 12.1 Å². The summed E-state index contributed by atoms with van der Waals surface area (Å²) in [5.41, 5.74) is 1.34. The average Bonchev–Trinajstić information content (AvgIpc) is 3.24. The summed E-state index contributed by atoms with van der Waals surface area (Å²) in [7, 11) is 0. The van der Waals surface area contributed by atoms with Crippen molar-refractivity contribution in [3.63, 3.8) is 0 Å². The number of carbonyl (C=O) groups is 2. The van der Waals surface area contributed by atoms with Gasteiger partial charge in [-0.15, -0.1) is 0 Å². The highest BCUT2D eigenvalue weighted by Crippen LogP contribution is 2.25. The van der Waals surface area contributed by atoms with Crippen molar-refractivity contribution in [2.45, 2.75) is 38.3 Å². The van der Waals surface area contributed by atoms with Crippen LogP contribution >= 0.6 is 0 Å². The van der Waals surface area contributed by atoms with E-state index in [1.54, 1.807) is 0 Å². The molecule has 0 radical (unpaired) electrons. The van der Waals surface area contributed by atoms with Crippen LogP contribution < -0.4 is 0 Å². The van der Waals surface area contributed by atoms with Crippen LogP contribution in [-0.2, 0) is 4.74 Å². The van der Waals surface area contributed by atoms with E-state index in [1.807, 2.05) is 41.0 Å². The van der Waals surface area contributed by atoms with Crippen LogP contribution in [0.1, 0.15) is 36.7 Å². The lowest BCUT2D eigenvalue weighted by Gasteiger charge is -2.35. The Labute approximate surface area is 145 Å². The second kappa shape index (κ2) is 6.38. The molecule has 2 aliphatic rings. The van der Waals surface area contributed by atoms with E-state index in [4.69, 9.17) is 4.74 Å². The van der Waals surface area contributed by atoms with Crippen molar-refractivity contribution in [3.8, 4) is 0 Å². The number of cyclic esters (lactones) is 1. The molecule has 1 aromatic carbocycles. The molecular weight excluding hydrogens is 320 g/mol. The maximum atomic E-state index is 12.8. The first-order chi connectivity index (χ1) is 12.2. The highest BCUT2D eigenvalue weighted by Gasteiger charge is 2.37. The maximum Gasteiger partial charge on any atom is 0.410 e. The van der Waals surface area contributed by atoms with Gasteiger partial charge in [0.1, 0.15) is 6.10 Å². The van der Waals surface area contributed by atoms with Gasteiger partial charge in [0.2, 0.25) is 0 Å². The molecule has 0 bridgehead atoms. The number of rotatable bonds is 3. The molecule has 0 saturated carbocycles. The third kappa shape index (κ3) is 2.83. The Bertz CT molecular complexity index is 794. The zero-order chi connectivity index (χ0) is 17.4. The van der Waals surface area contributed by atoms with Crippen molar-refractivity contribution in [3.05, 3.63) is 30.0 Å². The van der Waals surface area contributed by atoms with Crippen LogP contribution in [0.15, 0.2) is 24.3 Å². The molecule has 1 N–H and O–H groups in total. The summed E-state index contributed by atoms with van der Waals surface area (Å²) < 4.78 is 5.35. The van der Waals surface area contributed by atoms with Crippen LogP contribution in [0, 0.1) is 0 Å². The standard InChI is InChI=1S/C18H22N4O3/c1-2-13-11-22(18(24)25-13)12-7-9-21(10-8-12)17(23)16-14-5-3-4-6-15(14)19-20-16/h3-6,12-13H,2,7-11H2,1H3,(H,19,20). The number of carbonyl (C=O) groups excluding carboxylic acids is 2. The number of para-hydroxylation sites is 1. The molecule has 2 amide bonds. The predicted octanol–water partition coefficient (Wildman–Crippen LogP) is 2.40. The summed E-state index contributed by atoms with van der Waals surface area (Å²) in [6.45, 7) is 3.95. The monoisotopic (exact) mass is 342 g/mol. The van der Waals surface area contributed by atoms with Crippen LogP contribution in [0.5, 0.6) is 0 Å². The highest BCUT2D eigenvalue weighted by molar-refractivity contribution is 6.04. The number of fused-ring (bicyclic) bond motifs is 1. The molecule has 0 aliphatic carbocycles. The van der Waals surface area contributed by atoms with Gasteiger partial charge < -0.3 is 14.5 Å². The van der Waals surface area contributed by atoms with E-state index in [-0.39, 0.29) is 24.1 Å². The Kier molecular flexibility index (Phi) is 4.07. The number of benzene rings is 1. The number of nitrogens with zero attached hydrogens (tertiary/aromatic N) is 3. The summed E-state index contributed by atoms with van der Waals surface area (Å²) in [5.74, 6) is -0.0497. The summed E-state index contributed by atoms with van der Waals surface area (Å²) in [6.07, 6.45) is 2.18. The van der Waals surface area contributed by atoms with Gasteiger partial charge in [0.15, 0.2) is 5.69 Å². The first-order valence-corrected chi connectivity index (χ1v) is 8.87. The fraction of sp³-hybridized carbons (Fsp3) is 0.500. The summed E-state index contributed by atoms with van der Waals surface area (Å²) in [6, 6.07) is 7.80. The van der Waals surface area contributed by atoms with Crippen molar-refractivity contribution >= 4 is 22.9 Å². The molecule has 4 rings (SSSR count). The predicted molar refractivity (Wildman–Crippen MR) is 92.3 cm³/mol. The average molecular weight is 342 g/mol. The Morgan fingerprint density at radius 1 is 1.32 bits per heavy atom. The Balaban J connectivity index is 1.42. The number of hydrogen-bond acceptors (Lipinski definition) is 4. The molecular formula is C18H22N4O3. The summed E-state index contributed by atoms with van der Waals surface area (Å²) >= 11 is 0. The quantitative estimate of drug-likeness (QED) is 0.929. The van der Waals surface area contributed by atoms with E-state index in [0.717, 1.165) is 30.2 Å². The minimum absolute atomic E-state index is 0.00239. The molecule has 7 heteroatoms. The van der Waals surface area contributed by atoms with Crippen molar-refractivity contribution < 1.29 is 14.3 Å². The highest BCUT2D eigenvalue weighted by atomic mass is 16.6. The van der Waals surface area contributed by atoms with Gasteiger partial charge in [0, 0.05) is 24.5 Å². The molecule has 2 saturated heterocycles. The topological polar surface area (TPSA) is 78.5 Å². The first-order valence-electron chi connectivity index (χ1n) is 8.87. The third-order valence-electron chi connectivity index (χ3n) is 5.22. The van der Waals surface area contributed by atoms with Crippen molar-refractivity contribution in [2.24, 2.45) is 0 Å². The molecule has 3 heterocycles. The molecule has 2 fully saturated rings. The van der Waals surface area contributed by atoms with Gasteiger partial charge in [0.25, 0.3) is 5.91 Å². The van der Waals surface area contributed by atoms with Gasteiger partial charge in [-0.2, -0.15) is 5.10 Å². The smallest absolute Gasteiger partial charge is 0.410 e. The number of ether oxygens (including phenoxy) is 1. The Morgan fingerprint density at radius 3 is 2.80 bits per heavy atom. The van der Waals surface area contributed by atoms with E-state index >= 15 is 0 Å². The lowest BCUT2D eigenvalue weighted by molar-refractivity contribution is 0.0654. The largest absolute Gasteiger partial charge is 0.444 e. The second-order valence-electron chi connectivity index (χ2n) is 6.71. The zero-order valence-corrected chi connectivity index (χ0v) is 14.3. The van der Waals surface area contributed by atoms with Crippen molar-refractivity contribution in [1.82, 2.24) is 20.0 Å². The minimum Gasteiger partial charge on any atom is -0.444 e. The number of hydrogen-bond donors (Lipinski definition) is 1. The molecule has 7 nitrogen and oxygen atoms in total. The molecule has 25 heavy (non-hydrogen) atoms. The van der Waals surface area contributed by atoms with E-state index in [0.29, 0.717) is 25.3 Å². The summed E-state index contributed by atoms with van der Waals surface area (Å²) in [4.78, 5) is 28.5.